The third-order valence-electron chi connectivity index (χ3n) is 6.57. The van der Waals surface area contributed by atoms with Gasteiger partial charge in [-0.15, -0.1) is 0 Å². The smallest absolute Gasteiger partial charge is 0.353 e. The normalized spacial score (nSPS) is 12.8. The molecule has 2 N–H and O–H groups in total. The fourth-order valence-electron chi connectivity index (χ4n) is 4.98. The zero-order valence-corrected chi connectivity index (χ0v) is 19.8. The molecule has 0 saturated heterocycles. The lowest BCUT2D eigenvalue weighted by Gasteiger charge is -2.12. The van der Waals surface area contributed by atoms with Gasteiger partial charge in [0.1, 0.15) is 22.4 Å². The second-order valence-corrected chi connectivity index (χ2v) is 9.18. The van der Waals surface area contributed by atoms with Gasteiger partial charge in [-0.3, -0.25) is 4.79 Å². The SMILES string of the molecule is Cc1ccc2cc(Cn3c(C(=O)O)c(-c4ccc[nH]c4=O)c4c5c(c(F)cc43)CCO5)c(Cl)nc2c1. The third kappa shape index (κ3) is 3.37. The van der Waals surface area contributed by atoms with Gasteiger partial charge in [-0.1, -0.05) is 23.7 Å². The summed E-state index contributed by atoms with van der Waals surface area (Å²) >= 11 is 6.54. The quantitative estimate of drug-likeness (QED) is 0.323. The number of carboxylic acids is 1. The predicted octanol–water partition coefficient (Wildman–Crippen LogP) is 5.33. The first-order chi connectivity index (χ1) is 17.3. The summed E-state index contributed by atoms with van der Waals surface area (Å²) in [5, 5.41) is 11.8. The topological polar surface area (TPSA) is 97.2 Å². The number of ether oxygens (including phenoxy) is 1. The van der Waals surface area contributed by atoms with Crippen LogP contribution in [0.5, 0.6) is 5.75 Å². The van der Waals surface area contributed by atoms with E-state index < -0.39 is 17.3 Å². The average Bonchev–Trinajstić information content (AvgIpc) is 3.44. The number of carbonyl (C=O) groups is 1. The molecule has 0 spiro atoms. The molecule has 0 fully saturated rings. The summed E-state index contributed by atoms with van der Waals surface area (Å²) in [6.07, 6.45) is 1.82. The molecule has 0 unspecified atom stereocenters. The molecule has 2 aromatic carbocycles. The maximum atomic E-state index is 15.1. The number of hydrogen-bond donors (Lipinski definition) is 2. The number of benzene rings is 2. The van der Waals surface area contributed by atoms with Gasteiger partial charge in [0.05, 0.1) is 35.1 Å². The van der Waals surface area contributed by atoms with Crippen molar-refractivity contribution in [3.8, 4) is 16.9 Å². The lowest BCUT2D eigenvalue weighted by molar-refractivity contribution is 0.0687. The molecule has 0 bridgehead atoms. The van der Waals surface area contributed by atoms with Crippen LogP contribution in [0, 0.1) is 12.7 Å². The van der Waals surface area contributed by atoms with Crippen LogP contribution in [0.3, 0.4) is 0 Å². The Bertz CT molecular complexity index is 1790. The van der Waals surface area contributed by atoms with E-state index in [1.165, 1.54) is 16.8 Å². The van der Waals surface area contributed by atoms with Crippen LogP contribution >= 0.6 is 11.6 Å². The van der Waals surface area contributed by atoms with Crippen molar-refractivity contribution >= 4 is 39.4 Å². The van der Waals surface area contributed by atoms with Gasteiger partial charge in [0.25, 0.3) is 5.56 Å². The second-order valence-electron chi connectivity index (χ2n) is 8.82. The molecule has 6 rings (SSSR count). The summed E-state index contributed by atoms with van der Waals surface area (Å²) in [5.74, 6) is -1.49. The van der Waals surface area contributed by atoms with E-state index in [0.29, 0.717) is 34.0 Å². The van der Waals surface area contributed by atoms with E-state index in [0.717, 1.165) is 10.9 Å². The first-order valence-electron chi connectivity index (χ1n) is 11.3. The standard InChI is InChI=1S/C27H19ClFN3O4/c1-13-4-5-14-10-15(25(28)31-19(14)9-13)12-32-20-11-18(29)16-6-8-36-24(16)22(20)21(23(32)27(34)35)17-3-2-7-30-26(17)33/h2-5,7,9-11H,6,8,12H2,1H3,(H,30,33)(H,34,35). The Balaban J connectivity index is 1.69. The van der Waals surface area contributed by atoms with E-state index in [1.54, 1.807) is 12.1 Å². The van der Waals surface area contributed by atoms with Crippen LogP contribution in [0.4, 0.5) is 4.39 Å². The largest absolute Gasteiger partial charge is 0.492 e. The molecule has 1 aliphatic rings. The first kappa shape index (κ1) is 22.3. The van der Waals surface area contributed by atoms with Crippen LogP contribution < -0.4 is 10.3 Å². The Hall–Kier alpha value is -4.17. The minimum Gasteiger partial charge on any atom is -0.492 e. The highest BCUT2D eigenvalue weighted by molar-refractivity contribution is 6.30. The van der Waals surface area contributed by atoms with Crippen LogP contribution in [-0.2, 0) is 13.0 Å². The van der Waals surface area contributed by atoms with Crippen molar-refractivity contribution in [2.45, 2.75) is 19.9 Å². The first-order valence-corrected chi connectivity index (χ1v) is 11.7. The number of H-pyrrole nitrogens is 1. The van der Waals surface area contributed by atoms with Crippen LogP contribution in [0.1, 0.15) is 27.2 Å². The number of aromatic nitrogens is 3. The van der Waals surface area contributed by atoms with E-state index in [4.69, 9.17) is 16.3 Å². The molecular weight excluding hydrogens is 485 g/mol. The third-order valence-corrected chi connectivity index (χ3v) is 6.90. The number of nitrogens with zero attached hydrogens (tertiary/aromatic N) is 2. The maximum Gasteiger partial charge on any atom is 0.353 e. The molecule has 180 valence electrons. The van der Waals surface area contributed by atoms with E-state index >= 15 is 4.39 Å². The maximum absolute atomic E-state index is 15.1. The Morgan fingerprint density at radius 2 is 2.11 bits per heavy atom. The Morgan fingerprint density at radius 1 is 1.28 bits per heavy atom. The highest BCUT2D eigenvalue weighted by atomic mass is 35.5. The van der Waals surface area contributed by atoms with Gasteiger partial charge in [-0.2, -0.15) is 0 Å². The van der Waals surface area contributed by atoms with Crippen molar-refractivity contribution in [3.05, 3.63) is 92.4 Å². The number of nitrogens with one attached hydrogen (secondary N) is 1. The zero-order chi connectivity index (χ0) is 25.1. The number of aryl methyl sites for hydroxylation is 1. The Morgan fingerprint density at radius 3 is 2.89 bits per heavy atom. The van der Waals surface area contributed by atoms with E-state index in [9.17, 15) is 14.7 Å². The molecule has 0 amide bonds. The van der Waals surface area contributed by atoms with Crippen LogP contribution in [0.15, 0.2) is 53.5 Å². The van der Waals surface area contributed by atoms with E-state index in [1.807, 2.05) is 31.2 Å². The number of pyridine rings is 2. The number of hydrogen-bond acceptors (Lipinski definition) is 4. The molecular formula is C27H19ClFN3O4. The number of halogens is 2. The van der Waals surface area contributed by atoms with E-state index in [2.05, 4.69) is 9.97 Å². The van der Waals surface area contributed by atoms with Crippen LogP contribution in [0.25, 0.3) is 32.9 Å². The van der Waals surface area contributed by atoms with E-state index in [-0.39, 0.29) is 40.9 Å². The molecule has 3 aromatic heterocycles. The van der Waals surface area contributed by atoms with Crippen molar-refractivity contribution in [1.82, 2.24) is 14.5 Å². The fraction of sp³-hybridized carbons (Fsp3) is 0.148. The van der Waals surface area contributed by atoms with Gasteiger partial charge in [-0.25, -0.2) is 14.2 Å². The number of fused-ring (bicyclic) bond motifs is 4. The second kappa shape index (κ2) is 8.20. The van der Waals surface area contributed by atoms with Gasteiger partial charge >= 0.3 is 5.97 Å². The van der Waals surface area contributed by atoms with Crippen LogP contribution in [0.2, 0.25) is 5.15 Å². The number of carboxylic acid groups (broad SMARTS) is 1. The molecule has 0 radical (unpaired) electrons. The lowest BCUT2D eigenvalue weighted by atomic mass is 10.00. The summed E-state index contributed by atoms with van der Waals surface area (Å²) in [5.41, 5.74) is 2.68. The Labute approximate surface area is 208 Å². The summed E-state index contributed by atoms with van der Waals surface area (Å²) in [7, 11) is 0. The van der Waals surface area contributed by atoms with Crippen molar-refractivity contribution in [3.63, 3.8) is 0 Å². The molecule has 7 nitrogen and oxygen atoms in total. The van der Waals surface area contributed by atoms with Gasteiger partial charge in [0.15, 0.2) is 0 Å². The van der Waals surface area contributed by atoms with Gasteiger partial charge in [0, 0.05) is 34.7 Å². The fourth-order valence-corrected chi connectivity index (χ4v) is 5.18. The summed E-state index contributed by atoms with van der Waals surface area (Å²) < 4.78 is 22.4. The van der Waals surface area contributed by atoms with Crippen LogP contribution in [-0.4, -0.2) is 32.2 Å². The average molecular weight is 504 g/mol. The number of rotatable bonds is 4. The van der Waals surface area contributed by atoms with Crippen molar-refractivity contribution < 1.29 is 19.0 Å². The number of aromatic amines is 1. The van der Waals surface area contributed by atoms with Crippen molar-refractivity contribution in [2.75, 3.05) is 6.61 Å². The molecule has 0 aliphatic carbocycles. The minimum absolute atomic E-state index is 0.00323. The molecule has 36 heavy (non-hydrogen) atoms. The highest BCUT2D eigenvalue weighted by Gasteiger charge is 2.32. The molecule has 1 aliphatic heterocycles. The van der Waals surface area contributed by atoms with Gasteiger partial charge in [-0.05, 0) is 42.8 Å². The van der Waals surface area contributed by atoms with Gasteiger partial charge in [0.2, 0.25) is 0 Å². The zero-order valence-electron chi connectivity index (χ0n) is 19.1. The molecule has 9 heteroatoms. The Kier molecular flexibility index (Phi) is 5.08. The predicted molar refractivity (Wildman–Crippen MR) is 135 cm³/mol. The minimum atomic E-state index is -1.27. The monoisotopic (exact) mass is 503 g/mol. The van der Waals surface area contributed by atoms with Crippen molar-refractivity contribution in [1.29, 1.82) is 0 Å². The number of aromatic carboxylic acids is 1. The summed E-state index contributed by atoms with van der Waals surface area (Å²) in [6.45, 7) is 2.22. The summed E-state index contributed by atoms with van der Waals surface area (Å²) in [4.78, 5) is 32.6. The van der Waals surface area contributed by atoms with Gasteiger partial charge < -0.3 is 19.4 Å². The lowest BCUT2D eigenvalue weighted by Crippen LogP contribution is -2.14. The highest BCUT2D eigenvalue weighted by Crippen LogP contribution is 2.44. The summed E-state index contributed by atoms with van der Waals surface area (Å²) in [6, 6.07) is 12.1. The molecule has 0 atom stereocenters. The molecule has 5 aromatic rings. The van der Waals surface area contributed by atoms with Crippen molar-refractivity contribution in [2.24, 2.45) is 0 Å². The molecule has 4 heterocycles. The molecule has 0 saturated carbocycles.